The molecule has 0 unspecified atom stereocenters. The van der Waals surface area contributed by atoms with E-state index in [4.69, 9.17) is 0 Å². The second-order valence-corrected chi connectivity index (χ2v) is 8.35. The van der Waals surface area contributed by atoms with Gasteiger partial charge in [0.15, 0.2) is 0 Å². The van der Waals surface area contributed by atoms with Gasteiger partial charge in [-0.1, -0.05) is 0 Å². The van der Waals surface area contributed by atoms with Crippen LogP contribution in [0.1, 0.15) is 29.8 Å². The summed E-state index contributed by atoms with van der Waals surface area (Å²) in [5.41, 5.74) is 1.01. The Morgan fingerprint density at radius 1 is 1.15 bits per heavy atom. The number of nitrogens with one attached hydrogen (secondary N) is 1. The fourth-order valence-corrected chi connectivity index (χ4v) is 3.73. The van der Waals surface area contributed by atoms with Gasteiger partial charge in [-0.15, -0.1) is 0 Å². The van der Waals surface area contributed by atoms with Crippen LogP contribution in [0.25, 0.3) is 0 Å². The van der Waals surface area contributed by atoms with Crippen molar-refractivity contribution in [2.24, 2.45) is 0 Å². The average Bonchev–Trinajstić information content (AvgIpc) is 2.60. The summed E-state index contributed by atoms with van der Waals surface area (Å²) in [6.45, 7) is 5.11. The number of nitro benzene ring substituents is 1. The lowest BCUT2D eigenvalue weighted by molar-refractivity contribution is -0.385. The van der Waals surface area contributed by atoms with E-state index in [1.54, 1.807) is 20.8 Å². The highest BCUT2D eigenvalue weighted by atomic mass is 32.2. The Kier molecular flexibility index (Phi) is 5.97. The molecule has 0 saturated heterocycles. The molecule has 9 heteroatoms. The van der Waals surface area contributed by atoms with Crippen LogP contribution in [0.3, 0.4) is 0 Å². The van der Waals surface area contributed by atoms with E-state index in [0.717, 1.165) is 0 Å². The minimum absolute atomic E-state index is 0.0598. The summed E-state index contributed by atoms with van der Waals surface area (Å²) < 4.78 is 26.1. The molecule has 0 aromatic heterocycles. The van der Waals surface area contributed by atoms with Crippen LogP contribution >= 0.6 is 0 Å². The van der Waals surface area contributed by atoms with Gasteiger partial charge < -0.3 is 5.32 Å². The van der Waals surface area contributed by atoms with Gasteiger partial charge in [0.05, 0.1) is 9.82 Å². The van der Waals surface area contributed by atoms with Gasteiger partial charge in [-0.25, -0.2) is 8.42 Å². The summed E-state index contributed by atoms with van der Waals surface area (Å²) in [5.74, 6) is -0.442. The lowest BCUT2D eigenvalue weighted by Gasteiger charge is -2.21. The number of sulfonamides is 1. The molecule has 0 aliphatic heterocycles. The Morgan fingerprint density at radius 3 is 2.22 bits per heavy atom. The Hall–Kier alpha value is -2.78. The lowest BCUT2D eigenvalue weighted by Crippen LogP contribution is -2.33. The molecule has 1 amide bonds. The van der Waals surface area contributed by atoms with Crippen molar-refractivity contribution in [2.45, 2.75) is 31.7 Å². The molecular formula is C18H21N3O5S. The topological polar surface area (TPSA) is 110 Å². The van der Waals surface area contributed by atoms with Crippen LogP contribution in [0.15, 0.2) is 47.4 Å². The van der Waals surface area contributed by atoms with Gasteiger partial charge in [-0.3, -0.25) is 14.9 Å². The number of aryl methyl sites for hydroxylation is 1. The van der Waals surface area contributed by atoms with E-state index in [9.17, 15) is 23.3 Å². The molecule has 2 aromatic rings. The Labute approximate surface area is 158 Å². The molecule has 0 radical (unpaired) electrons. The number of amides is 1. The molecule has 0 spiro atoms. The first-order valence-corrected chi connectivity index (χ1v) is 9.62. The summed E-state index contributed by atoms with van der Waals surface area (Å²) in [5, 5.41) is 13.5. The maximum absolute atomic E-state index is 12.4. The molecule has 0 fully saturated rings. The summed E-state index contributed by atoms with van der Waals surface area (Å²) in [7, 11) is -2.09. The SMILES string of the molecule is Cc1cc(C(=O)Nc2ccc(S(=O)(=O)N(C)C(C)C)cc2)ccc1[N+](=O)[O-]. The molecule has 0 aliphatic rings. The average molecular weight is 391 g/mol. The van der Waals surface area contributed by atoms with Crippen molar-refractivity contribution < 1.29 is 18.1 Å². The van der Waals surface area contributed by atoms with Crippen LogP contribution in [-0.2, 0) is 10.0 Å². The number of hydrogen-bond donors (Lipinski definition) is 1. The first-order chi connectivity index (χ1) is 12.5. The first kappa shape index (κ1) is 20.5. The zero-order valence-corrected chi connectivity index (χ0v) is 16.3. The van der Waals surface area contributed by atoms with Crippen LogP contribution in [0, 0.1) is 17.0 Å². The van der Waals surface area contributed by atoms with Crippen molar-refractivity contribution >= 4 is 27.3 Å². The van der Waals surface area contributed by atoms with Crippen LogP contribution in [0.2, 0.25) is 0 Å². The molecule has 8 nitrogen and oxygen atoms in total. The number of hydrogen-bond acceptors (Lipinski definition) is 5. The number of benzene rings is 2. The minimum Gasteiger partial charge on any atom is -0.322 e. The highest BCUT2D eigenvalue weighted by molar-refractivity contribution is 7.89. The van der Waals surface area contributed by atoms with Gasteiger partial charge in [0.2, 0.25) is 10.0 Å². The summed E-state index contributed by atoms with van der Waals surface area (Å²) in [6, 6.07) is 9.74. The van der Waals surface area contributed by atoms with Crippen molar-refractivity contribution in [3.05, 3.63) is 63.7 Å². The molecule has 0 heterocycles. The van der Waals surface area contributed by atoms with E-state index in [1.807, 2.05) is 0 Å². The number of nitrogens with zero attached hydrogens (tertiary/aromatic N) is 2. The third kappa shape index (κ3) is 4.50. The maximum atomic E-state index is 12.4. The normalized spacial score (nSPS) is 11.6. The van der Waals surface area contributed by atoms with Crippen molar-refractivity contribution in [3.63, 3.8) is 0 Å². The summed E-state index contributed by atoms with van der Waals surface area (Å²) in [4.78, 5) is 22.8. The van der Waals surface area contributed by atoms with Crippen LogP contribution < -0.4 is 5.32 Å². The van der Waals surface area contributed by atoms with Gasteiger partial charge in [-0.05, 0) is 57.2 Å². The Morgan fingerprint density at radius 2 is 1.74 bits per heavy atom. The largest absolute Gasteiger partial charge is 0.322 e. The third-order valence-electron chi connectivity index (χ3n) is 4.17. The van der Waals surface area contributed by atoms with E-state index in [0.29, 0.717) is 11.3 Å². The maximum Gasteiger partial charge on any atom is 0.272 e. The number of carbonyl (C=O) groups excluding carboxylic acids is 1. The van der Waals surface area contributed by atoms with Gasteiger partial charge in [0.25, 0.3) is 11.6 Å². The molecule has 0 saturated carbocycles. The zero-order chi connectivity index (χ0) is 20.4. The quantitative estimate of drug-likeness (QED) is 0.601. The van der Waals surface area contributed by atoms with E-state index in [1.165, 1.54) is 53.8 Å². The van der Waals surface area contributed by atoms with Gasteiger partial charge in [0, 0.05) is 36.0 Å². The van der Waals surface area contributed by atoms with Crippen LogP contribution in [0.5, 0.6) is 0 Å². The summed E-state index contributed by atoms with van der Waals surface area (Å²) >= 11 is 0. The smallest absolute Gasteiger partial charge is 0.272 e. The molecule has 1 N–H and O–H groups in total. The predicted molar refractivity (Wildman–Crippen MR) is 102 cm³/mol. The zero-order valence-electron chi connectivity index (χ0n) is 15.5. The number of anilines is 1. The third-order valence-corrected chi connectivity index (χ3v) is 6.22. The number of carbonyl (C=O) groups is 1. The highest BCUT2D eigenvalue weighted by Gasteiger charge is 2.23. The van der Waals surface area contributed by atoms with Gasteiger partial charge in [-0.2, -0.15) is 4.31 Å². The first-order valence-electron chi connectivity index (χ1n) is 8.18. The minimum atomic E-state index is -3.60. The summed E-state index contributed by atoms with van der Waals surface area (Å²) in [6.07, 6.45) is 0. The van der Waals surface area contributed by atoms with E-state index in [2.05, 4.69) is 5.32 Å². The van der Waals surface area contributed by atoms with Crippen molar-refractivity contribution in [1.82, 2.24) is 4.31 Å². The molecule has 0 atom stereocenters. The molecular weight excluding hydrogens is 370 g/mol. The lowest BCUT2D eigenvalue weighted by atomic mass is 10.1. The fraction of sp³-hybridized carbons (Fsp3) is 0.278. The van der Waals surface area contributed by atoms with E-state index < -0.39 is 20.9 Å². The van der Waals surface area contributed by atoms with Crippen molar-refractivity contribution in [2.75, 3.05) is 12.4 Å². The molecule has 0 bridgehead atoms. The standard InChI is InChI=1S/C18H21N3O5S/c1-12(2)20(4)27(25,26)16-8-6-15(7-9-16)19-18(22)14-5-10-17(21(23)24)13(3)11-14/h5-12H,1-4H3,(H,19,22). The Balaban J connectivity index is 2.18. The molecule has 2 aromatic carbocycles. The van der Waals surface area contributed by atoms with Gasteiger partial charge in [0.1, 0.15) is 0 Å². The predicted octanol–water partition coefficient (Wildman–Crippen LogP) is 3.18. The van der Waals surface area contributed by atoms with Crippen LogP contribution in [-0.4, -0.2) is 36.6 Å². The molecule has 27 heavy (non-hydrogen) atoms. The van der Waals surface area contributed by atoms with E-state index in [-0.39, 0.29) is 22.2 Å². The fourth-order valence-electron chi connectivity index (χ4n) is 2.36. The van der Waals surface area contributed by atoms with Crippen molar-refractivity contribution in [3.8, 4) is 0 Å². The second-order valence-electron chi connectivity index (χ2n) is 6.35. The second kappa shape index (κ2) is 7.85. The molecule has 144 valence electrons. The van der Waals surface area contributed by atoms with E-state index >= 15 is 0 Å². The highest BCUT2D eigenvalue weighted by Crippen LogP contribution is 2.21. The molecule has 2 rings (SSSR count). The Bertz CT molecular complexity index is 969. The van der Waals surface area contributed by atoms with Crippen LogP contribution in [0.4, 0.5) is 11.4 Å². The molecule has 0 aliphatic carbocycles. The number of rotatable bonds is 6. The number of nitro groups is 1. The van der Waals surface area contributed by atoms with Gasteiger partial charge >= 0.3 is 0 Å². The van der Waals surface area contributed by atoms with Crippen molar-refractivity contribution in [1.29, 1.82) is 0 Å². The monoisotopic (exact) mass is 391 g/mol.